The van der Waals surface area contributed by atoms with Gasteiger partial charge in [-0.15, -0.1) is 5.10 Å². The first-order valence-electron chi connectivity index (χ1n) is 7.29. The summed E-state index contributed by atoms with van der Waals surface area (Å²) in [4.78, 5) is 2.50. The van der Waals surface area contributed by atoms with Gasteiger partial charge in [0.05, 0.1) is 11.7 Å². The molecule has 0 amide bonds. The van der Waals surface area contributed by atoms with Crippen molar-refractivity contribution >= 4 is 5.69 Å². The first-order valence-corrected chi connectivity index (χ1v) is 7.29. The summed E-state index contributed by atoms with van der Waals surface area (Å²) in [7, 11) is 0. The van der Waals surface area contributed by atoms with Gasteiger partial charge in [-0.05, 0) is 47.9 Å². The summed E-state index contributed by atoms with van der Waals surface area (Å²) in [5, 5.41) is 12.0. The molecule has 0 radical (unpaired) electrons. The molecule has 2 N–H and O–H groups in total. The Labute approximate surface area is 121 Å². The van der Waals surface area contributed by atoms with Crippen molar-refractivity contribution in [3.05, 3.63) is 24.0 Å². The van der Waals surface area contributed by atoms with Gasteiger partial charge in [0, 0.05) is 24.7 Å². The van der Waals surface area contributed by atoms with Crippen molar-refractivity contribution in [2.24, 2.45) is 0 Å². The molecule has 0 bridgehead atoms. The van der Waals surface area contributed by atoms with Crippen LogP contribution in [0.2, 0.25) is 0 Å². The molecule has 1 aromatic carbocycles. The fraction of sp³-hybridized carbons (Fsp3) is 0.500. The van der Waals surface area contributed by atoms with E-state index in [1.165, 1.54) is 18.9 Å². The third kappa shape index (κ3) is 2.27. The minimum absolute atomic E-state index is 0.138. The second kappa shape index (κ2) is 4.77. The maximum Gasteiger partial charge on any atom is 0.182 e. The molecule has 6 nitrogen and oxygen atoms in total. The van der Waals surface area contributed by atoms with Crippen LogP contribution in [0.5, 0.6) is 0 Å². The number of hydrogen-bond acceptors (Lipinski definition) is 5. The van der Waals surface area contributed by atoms with Gasteiger partial charge in [0.1, 0.15) is 5.82 Å². The molecule has 2 aliphatic rings. The van der Waals surface area contributed by atoms with E-state index in [1.54, 1.807) is 12.1 Å². The fourth-order valence-corrected chi connectivity index (χ4v) is 3.03. The molecule has 1 saturated carbocycles. The normalized spacial score (nSPS) is 22.8. The molecule has 1 aromatic heterocycles. The molecule has 1 aliphatic heterocycles. The van der Waals surface area contributed by atoms with E-state index in [-0.39, 0.29) is 11.7 Å². The smallest absolute Gasteiger partial charge is 0.182 e. The third-order valence-corrected chi connectivity index (χ3v) is 4.36. The zero-order valence-corrected chi connectivity index (χ0v) is 11.6. The molecule has 1 aliphatic carbocycles. The molecule has 2 aromatic rings. The van der Waals surface area contributed by atoms with E-state index in [0.717, 1.165) is 25.6 Å². The number of halogens is 1. The molecule has 1 unspecified atom stereocenters. The van der Waals surface area contributed by atoms with E-state index in [9.17, 15) is 4.39 Å². The molecule has 7 heteroatoms. The maximum atomic E-state index is 13.6. The molecule has 1 saturated heterocycles. The number of hydrogen-bond donors (Lipinski definition) is 1. The Kier molecular flexibility index (Phi) is 2.88. The Morgan fingerprint density at radius 3 is 2.81 bits per heavy atom. The summed E-state index contributed by atoms with van der Waals surface area (Å²) in [5.41, 5.74) is 6.32. The lowest BCUT2D eigenvalue weighted by Gasteiger charge is -2.15. The van der Waals surface area contributed by atoms with E-state index in [0.29, 0.717) is 11.4 Å². The van der Waals surface area contributed by atoms with Crippen molar-refractivity contribution in [2.45, 2.75) is 31.3 Å². The molecule has 21 heavy (non-hydrogen) atoms. The van der Waals surface area contributed by atoms with E-state index in [2.05, 4.69) is 20.4 Å². The lowest BCUT2D eigenvalue weighted by molar-refractivity contribution is 0.309. The number of anilines is 1. The average molecular weight is 288 g/mol. The van der Waals surface area contributed by atoms with Gasteiger partial charge in [-0.2, -0.15) is 0 Å². The highest BCUT2D eigenvalue weighted by atomic mass is 19.1. The van der Waals surface area contributed by atoms with Crippen LogP contribution in [0.25, 0.3) is 11.4 Å². The predicted octanol–water partition coefficient (Wildman–Crippen LogP) is 1.47. The van der Waals surface area contributed by atoms with Crippen molar-refractivity contribution in [3.63, 3.8) is 0 Å². The zero-order chi connectivity index (χ0) is 14.4. The van der Waals surface area contributed by atoms with Gasteiger partial charge in [-0.3, -0.25) is 4.90 Å². The highest BCUT2D eigenvalue weighted by molar-refractivity contribution is 5.59. The molecule has 110 valence electrons. The van der Waals surface area contributed by atoms with Crippen LogP contribution < -0.4 is 5.73 Å². The van der Waals surface area contributed by atoms with Crippen molar-refractivity contribution < 1.29 is 4.39 Å². The van der Waals surface area contributed by atoms with Crippen LogP contribution in [0.4, 0.5) is 10.1 Å². The second-order valence-corrected chi connectivity index (χ2v) is 5.85. The molecule has 2 fully saturated rings. The quantitative estimate of drug-likeness (QED) is 0.866. The summed E-state index contributed by atoms with van der Waals surface area (Å²) in [6, 6.07) is 5.72. The van der Waals surface area contributed by atoms with Crippen LogP contribution in [0.15, 0.2) is 18.2 Å². The highest BCUT2D eigenvalue weighted by Gasteiger charge is 2.36. The van der Waals surface area contributed by atoms with E-state index in [1.807, 2.05) is 4.68 Å². The minimum atomic E-state index is -0.437. The Bertz CT molecular complexity index is 665. The molecule has 0 spiro atoms. The Morgan fingerprint density at radius 2 is 2.05 bits per heavy atom. The number of rotatable bonds is 3. The summed E-state index contributed by atoms with van der Waals surface area (Å²) >= 11 is 0. The summed E-state index contributed by atoms with van der Waals surface area (Å²) < 4.78 is 15.5. The van der Waals surface area contributed by atoms with Crippen molar-refractivity contribution in [3.8, 4) is 11.4 Å². The number of aromatic nitrogens is 4. The van der Waals surface area contributed by atoms with Crippen LogP contribution in [0, 0.1) is 5.82 Å². The lowest BCUT2D eigenvalue weighted by Crippen LogP contribution is -2.24. The second-order valence-electron chi connectivity index (χ2n) is 5.85. The number of benzene rings is 1. The largest absolute Gasteiger partial charge is 0.396 e. The van der Waals surface area contributed by atoms with Crippen LogP contribution in [0.3, 0.4) is 0 Å². The van der Waals surface area contributed by atoms with Crippen molar-refractivity contribution in [2.75, 3.05) is 18.8 Å². The Morgan fingerprint density at radius 1 is 1.19 bits per heavy atom. The lowest BCUT2D eigenvalue weighted by atomic mass is 10.1. The van der Waals surface area contributed by atoms with Gasteiger partial charge in [0.2, 0.25) is 0 Å². The summed E-state index contributed by atoms with van der Waals surface area (Å²) in [5.74, 6) is 0.171. The maximum absolute atomic E-state index is 13.6. The Hall–Kier alpha value is -2.02. The van der Waals surface area contributed by atoms with E-state index >= 15 is 0 Å². The molecule has 4 rings (SSSR count). The van der Waals surface area contributed by atoms with Crippen LogP contribution >= 0.6 is 0 Å². The SMILES string of the molecule is Nc1ccc(-c2nnnn2C2CCN(C3CC3)C2)cc1F. The van der Waals surface area contributed by atoms with Crippen LogP contribution in [0.1, 0.15) is 25.3 Å². The number of nitrogens with two attached hydrogens (primary N) is 1. The predicted molar refractivity (Wildman–Crippen MR) is 75.9 cm³/mol. The van der Waals surface area contributed by atoms with E-state index in [4.69, 9.17) is 5.73 Å². The number of nitrogen functional groups attached to an aromatic ring is 1. The van der Waals surface area contributed by atoms with Crippen molar-refractivity contribution in [1.82, 2.24) is 25.1 Å². The first-order chi connectivity index (χ1) is 10.2. The van der Waals surface area contributed by atoms with Crippen LogP contribution in [-0.2, 0) is 0 Å². The fourth-order valence-electron chi connectivity index (χ4n) is 3.03. The standard InChI is InChI=1S/C14H17FN6/c15-12-7-9(1-4-13(12)16)14-17-18-19-21(14)11-5-6-20(8-11)10-2-3-10/h1,4,7,10-11H,2-3,5-6,8,16H2. The summed E-state index contributed by atoms with van der Waals surface area (Å²) in [6.45, 7) is 2.06. The monoisotopic (exact) mass is 288 g/mol. The third-order valence-electron chi connectivity index (χ3n) is 4.36. The molecule has 1 atom stereocenters. The number of nitrogens with zero attached hydrogens (tertiary/aromatic N) is 5. The van der Waals surface area contributed by atoms with Gasteiger partial charge in [-0.25, -0.2) is 9.07 Å². The minimum Gasteiger partial charge on any atom is -0.396 e. The van der Waals surface area contributed by atoms with E-state index < -0.39 is 5.82 Å². The molecular weight excluding hydrogens is 271 g/mol. The first kappa shape index (κ1) is 12.7. The van der Waals surface area contributed by atoms with Gasteiger partial charge in [0.15, 0.2) is 5.82 Å². The van der Waals surface area contributed by atoms with Gasteiger partial charge >= 0.3 is 0 Å². The van der Waals surface area contributed by atoms with Crippen molar-refractivity contribution in [1.29, 1.82) is 0 Å². The highest BCUT2D eigenvalue weighted by Crippen LogP contribution is 2.34. The Balaban J connectivity index is 1.62. The molecule has 2 heterocycles. The zero-order valence-electron chi connectivity index (χ0n) is 11.6. The number of likely N-dealkylation sites (tertiary alicyclic amines) is 1. The summed E-state index contributed by atoms with van der Waals surface area (Å²) in [6.07, 6.45) is 3.64. The number of tetrazole rings is 1. The average Bonchev–Trinajstić information content (AvgIpc) is 3.03. The van der Waals surface area contributed by atoms with Gasteiger partial charge < -0.3 is 5.73 Å². The molecular formula is C14H17FN6. The van der Waals surface area contributed by atoms with Gasteiger partial charge in [-0.1, -0.05) is 0 Å². The topological polar surface area (TPSA) is 72.9 Å². The van der Waals surface area contributed by atoms with Crippen LogP contribution in [-0.4, -0.2) is 44.2 Å². The van der Waals surface area contributed by atoms with Gasteiger partial charge in [0.25, 0.3) is 0 Å².